The van der Waals surface area contributed by atoms with E-state index in [-0.39, 0.29) is 16.6 Å². The molecule has 0 saturated carbocycles. The second kappa shape index (κ2) is 6.51. The van der Waals surface area contributed by atoms with Crippen molar-refractivity contribution in [3.63, 3.8) is 0 Å². The third-order valence-corrected chi connectivity index (χ3v) is 7.06. The van der Waals surface area contributed by atoms with Gasteiger partial charge >= 0.3 is 0 Å². The monoisotopic (exact) mass is 376 g/mol. The van der Waals surface area contributed by atoms with Crippen LogP contribution in [-0.4, -0.2) is 33.6 Å². The van der Waals surface area contributed by atoms with Crippen LogP contribution in [0.3, 0.4) is 0 Å². The van der Waals surface area contributed by atoms with Crippen LogP contribution in [0.2, 0.25) is 0 Å². The minimum atomic E-state index is -4.02. The maximum atomic E-state index is 12.8. The summed E-state index contributed by atoms with van der Waals surface area (Å²) < 4.78 is 48.8. The lowest BCUT2D eigenvalue weighted by Gasteiger charge is -2.20. The van der Waals surface area contributed by atoms with Crippen LogP contribution in [0, 0.1) is 6.92 Å². The number of sulfonamides is 2. The number of nitrogens with two attached hydrogens (primary N) is 1. The van der Waals surface area contributed by atoms with Gasteiger partial charge in [-0.15, -0.1) is 10.2 Å². The van der Waals surface area contributed by atoms with Crippen molar-refractivity contribution in [3.05, 3.63) is 29.8 Å². The van der Waals surface area contributed by atoms with Crippen molar-refractivity contribution in [2.24, 2.45) is 5.14 Å². The molecule has 0 saturated heterocycles. The van der Waals surface area contributed by atoms with Gasteiger partial charge in [0.15, 0.2) is 0 Å². The second-order valence-corrected chi connectivity index (χ2v) is 9.34. The maximum Gasteiger partial charge on any atom is 0.267 e. The van der Waals surface area contributed by atoms with E-state index in [0.717, 1.165) is 9.87 Å². The Hall–Kier alpha value is -1.56. The molecule has 0 aliphatic heterocycles. The summed E-state index contributed by atoms with van der Waals surface area (Å²) >= 11 is 0.624. The van der Waals surface area contributed by atoms with Crippen molar-refractivity contribution in [1.29, 1.82) is 0 Å². The smallest absolute Gasteiger partial charge is 0.240 e. The van der Waals surface area contributed by atoms with Crippen molar-refractivity contribution in [3.8, 4) is 0 Å². The quantitative estimate of drug-likeness (QED) is 0.805. The van der Waals surface area contributed by atoms with E-state index in [9.17, 15) is 16.8 Å². The van der Waals surface area contributed by atoms with Gasteiger partial charge in [-0.2, -0.15) is 0 Å². The predicted octanol–water partition coefficient (Wildman–Crippen LogP) is 1.10. The molecule has 0 atom stereocenters. The lowest BCUT2D eigenvalue weighted by molar-refractivity contribution is 0.589. The number of rotatable bonds is 6. The lowest BCUT2D eigenvalue weighted by Crippen LogP contribution is -2.31. The van der Waals surface area contributed by atoms with E-state index < -0.39 is 24.4 Å². The number of aryl methyl sites for hydroxylation is 1. The molecule has 0 spiro atoms. The van der Waals surface area contributed by atoms with Crippen LogP contribution in [0.5, 0.6) is 0 Å². The number of hydrogen-bond donors (Lipinski definition) is 1. The molecule has 23 heavy (non-hydrogen) atoms. The first-order valence-corrected chi connectivity index (χ1v) is 10.4. The predicted molar refractivity (Wildman–Crippen MR) is 87.3 cm³/mol. The van der Waals surface area contributed by atoms with Gasteiger partial charge < -0.3 is 0 Å². The highest BCUT2D eigenvalue weighted by molar-refractivity contribution is 7.93. The normalized spacial score (nSPS) is 12.3. The fourth-order valence-electron chi connectivity index (χ4n) is 1.78. The molecule has 11 heteroatoms. The molecule has 1 aromatic heterocycles. The Morgan fingerprint density at radius 2 is 1.74 bits per heavy atom. The fourth-order valence-corrected chi connectivity index (χ4v) is 4.94. The molecule has 126 valence electrons. The zero-order chi connectivity index (χ0) is 17.3. The third kappa shape index (κ3) is 3.86. The van der Waals surface area contributed by atoms with E-state index in [4.69, 9.17) is 5.14 Å². The van der Waals surface area contributed by atoms with E-state index in [2.05, 4.69) is 10.2 Å². The van der Waals surface area contributed by atoms with Crippen LogP contribution >= 0.6 is 11.3 Å². The molecule has 0 bridgehead atoms. The fraction of sp³-hybridized carbons (Fsp3) is 0.333. The molecule has 0 aliphatic carbocycles. The highest BCUT2D eigenvalue weighted by Gasteiger charge is 2.28. The molecular weight excluding hydrogens is 360 g/mol. The van der Waals surface area contributed by atoms with Crippen molar-refractivity contribution in [1.82, 2.24) is 10.2 Å². The Labute approximate surface area is 139 Å². The van der Waals surface area contributed by atoms with Gasteiger partial charge in [-0.05, 0) is 25.5 Å². The van der Waals surface area contributed by atoms with Crippen molar-refractivity contribution in [2.45, 2.75) is 29.5 Å². The molecule has 2 N–H and O–H groups in total. The Balaban J connectivity index is 2.49. The van der Waals surface area contributed by atoms with Gasteiger partial charge in [0.2, 0.25) is 9.47 Å². The molecule has 0 unspecified atom stereocenters. The zero-order valence-corrected chi connectivity index (χ0v) is 14.9. The summed E-state index contributed by atoms with van der Waals surface area (Å²) in [6.07, 6.45) is 0.523. The number of primary sulfonamides is 1. The zero-order valence-electron chi connectivity index (χ0n) is 12.5. The van der Waals surface area contributed by atoms with Gasteiger partial charge in [0.25, 0.3) is 20.0 Å². The number of nitrogens with zero attached hydrogens (tertiary/aromatic N) is 3. The third-order valence-electron chi connectivity index (χ3n) is 2.89. The SMILES string of the molecule is CCCN(c1nnc(S(N)(=O)=O)s1)S(=O)(=O)c1ccc(C)cc1. The average molecular weight is 376 g/mol. The Kier molecular flexibility index (Phi) is 5.04. The van der Waals surface area contributed by atoms with Crippen molar-refractivity contribution >= 4 is 36.5 Å². The molecule has 0 radical (unpaired) electrons. The Bertz CT molecular complexity index is 889. The first kappa shape index (κ1) is 17.8. The van der Waals surface area contributed by atoms with Crippen LogP contribution in [0.15, 0.2) is 33.5 Å². The summed E-state index contributed by atoms with van der Waals surface area (Å²) in [5.74, 6) is 0. The maximum absolute atomic E-state index is 12.8. The first-order chi connectivity index (χ1) is 10.7. The van der Waals surface area contributed by atoms with Crippen LogP contribution in [0.4, 0.5) is 5.13 Å². The molecule has 0 aliphatic rings. The Morgan fingerprint density at radius 3 is 2.22 bits per heavy atom. The summed E-state index contributed by atoms with van der Waals surface area (Å²) in [4.78, 5) is 0.101. The van der Waals surface area contributed by atoms with Gasteiger partial charge in [-0.1, -0.05) is 36.0 Å². The van der Waals surface area contributed by atoms with E-state index in [0.29, 0.717) is 17.8 Å². The Morgan fingerprint density at radius 1 is 1.13 bits per heavy atom. The molecular formula is C12H16N4O4S3. The molecule has 0 amide bonds. The van der Waals surface area contributed by atoms with Gasteiger partial charge in [0.1, 0.15) is 0 Å². The minimum absolute atomic E-state index is 0.0311. The summed E-state index contributed by atoms with van der Waals surface area (Å²) in [5, 5.41) is 12.1. The molecule has 1 heterocycles. The van der Waals surface area contributed by atoms with Crippen LogP contribution in [0.1, 0.15) is 18.9 Å². The highest BCUT2D eigenvalue weighted by Crippen LogP contribution is 2.28. The number of aromatic nitrogens is 2. The van der Waals surface area contributed by atoms with E-state index in [1.807, 2.05) is 6.92 Å². The topological polar surface area (TPSA) is 123 Å². The highest BCUT2D eigenvalue weighted by atomic mass is 32.2. The molecule has 2 rings (SSSR count). The van der Waals surface area contributed by atoms with Crippen LogP contribution in [0.25, 0.3) is 0 Å². The average Bonchev–Trinajstić information content (AvgIpc) is 2.94. The lowest BCUT2D eigenvalue weighted by atomic mass is 10.2. The number of anilines is 1. The second-order valence-electron chi connectivity index (χ2n) is 4.79. The standard InChI is InChI=1S/C12H16N4O4S3/c1-3-8-16(11-14-15-12(21-11)22(13,17)18)23(19,20)10-6-4-9(2)5-7-10/h4-7H,3,8H2,1-2H3,(H2,13,17,18). The summed E-state index contributed by atoms with van der Waals surface area (Å²) in [6.45, 7) is 3.80. The molecule has 1 aromatic carbocycles. The molecule has 0 fully saturated rings. The minimum Gasteiger partial charge on any atom is -0.240 e. The van der Waals surface area contributed by atoms with Gasteiger partial charge in [0, 0.05) is 6.54 Å². The van der Waals surface area contributed by atoms with Crippen molar-refractivity contribution in [2.75, 3.05) is 10.8 Å². The number of hydrogen-bond acceptors (Lipinski definition) is 7. The van der Waals surface area contributed by atoms with Gasteiger partial charge in [0.05, 0.1) is 4.90 Å². The van der Waals surface area contributed by atoms with Gasteiger partial charge in [-0.3, -0.25) is 0 Å². The molecule has 8 nitrogen and oxygen atoms in total. The summed E-state index contributed by atoms with van der Waals surface area (Å²) in [7, 11) is -7.88. The van der Waals surface area contributed by atoms with Crippen LogP contribution in [-0.2, 0) is 20.0 Å². The summed E-state index contributed by atoms with van der Waals surface area (Å²) in [6, 6.07) is 6.36. The number of benzene rings is 1. The first-order valence-electron chi connectivity index (χ1n) is 6.62. The van der Waals surface area contributed by atoms with Crippen molar-refractivity contribution < 1.29 is 16.8 Å². The van der Waals surface area contributed by atoms with E-state index in [1.165, 1.54) is 12.1 Å². The summed E-state index contributed by atoms with van der Waals surface area (Å²) in [5.41, 5.74) is 0.929. The van der Waals surface area contributed by atoms with E-state index in [1.54, 1.807) is 19.1 Å². The largest absolute Gasteiger partial charge is 0.267 e. The van der Waals surface area contributed by atoms with Crippen LogP contribution < -0.4 is 9.44 Å². The van der Waals surface area contributed by atoms with Gasteiger partial charge in [-0.25, -0.2) is 26.3 Å². The molecule has 2 aromatic rings. The van der Waals surface area contributed by atoms with E-state index >= 15 is 0 Å².